The van der Waals surface area contributed by atoms with Gasteiger partial charge in [-0.1, -0.05) is 6.07 Å². The third-order valence-electron chi connectivity index (χ3n) is 5.67. The van der Waals surface area contributed by atoms with Gasteiger partial charge < -0.3 is 10.2 Å². The first-order valence-corrected chi connectivity index (χ1v) is 9.73. The highest BCUT2D eigenvalue weighted by atomic mass is 16.1. The maximum absolute atomic E-state index is 12.7. The second-order valence-corrected chi connectivity index (χ2v) is 7.86. The van der Waals surface area contributed by atoms with Gasteiger partial charge in [0.1, 0.15) is 0 Å². The molecule has 0 spiro atoms. The SMILES string of the molecule is Cn1cc(-c2ccc3nnc(NC(=O)[C@H]4CC[C@H](N(C)C)CC4)cc3c2)cn1. The molecule has 1 fully saturated rings. The Morgan fingerprint density at radius 2 is 1.89 bits per heavy atom. The second-order valence-electron chi connectivity index (χ2n) is 7.86. The molecule has 28 heavy (non-hydrogen) atoms. The van der Waals surface area contributed by atoms with E-state index in [0.717, 1.165) is 47.7 Å². The summed E-state index contributed by atoms with van der Waals surface area (Å²) >= 11 is 0. The van der Waals surface area contributed by atoms with Crippen molar-refractivity contribution < 1.29 is 4.79 Å². The molecular weight excluding hydrogens is 352 g/mol. The van der Waals surface area contributed by atoms with Crippen molar-refractivity contribution in [1.29, 1.82) is 0 Å². The molecule has 2 aromatic heterocycles. The Hall–Kier alpha value is -2.80. The van der Waals surface area contributed by atoms with E-state index in [9.17, 15) is 4.79 Å². The molecule has 1 aliphatic rings. The predicted octanol–water partition coefficient (Wildman–Crippen LogP) is 3.09. The number of fused-ring (bicyclic) bond motifs is 1. The fourth-order valence-electron chi connectivity index (χ4n) is 3.94. The van der Waals surface area contributed by atoms with Crippen LogP contribution in [0.15, 0.2) is 36.7 Å². The molecule has 0 atom stereocenters. The number of aryl methyl sites for hydroxylation is 1. The summed E-state index contributed by atoms with van der Waals surface area (Å²) in [6.07, 6.45) is 7.76. The zero-order chi connectivity index (χ0) is 19.7. The van der Waals surface area contributed by atoms with Gasteiger partial charge in [-0.3, -0.25) is 9.48 Å². The largest absolute Gasteiger partial charge is 0.309 e. The molecule has 7 nitrogen and oxygen atoms in total. The molecule has 4 rings (SSSR count). The number of nitrogens with one attached hydrogen (secondary N) is 1. The quantitative estimate of drug-likeness (QED) is 0.755. The number of carbonyl (C=O) groups is 1. The summed E-state index contributed by atoms with van der Waals surface area (Å²) in [7, 11) is 6.11. The maximum Gasteiger partial charge on any atom is 0.228 e. The molecule has 0 radical (unpaired) electrons. The molecule has 1 N–H and O–H groups in total. The van der Waals surface area contributed by atoms with Gasteiger partial charge in [-0.15, -0.1) is 10.2 Å². The zero-order valence-corrected chi connectivity index (χ0v) is 16.6. The lowest BCUT2D eigenvalue weighted by Crippen LogP contribution is -2.35. The summed E-state index contributed by atoms with van der Waals surface area (Å²) in [5.74, 6) is 0.611. The van der Waals surface area contributed by atoms with Crippen LogP contribution in [0.25, 0.3) is 22.0 Å². The van der Waals surface area contributed by atoms with Gasteiger partial charge in [0, 0.05) is 36.2 Å². The summed E-state index contributed by atoms with van der Waals surface area (Å²) in [5, 5.41) is 16.6. The summed E-state index contributed by atoms with van der Waals surface area (Å²) < 4.78 is 1.78. The molecule has 1 aromatic carbocycles. The van der Waals surface area contributed by atoms with Gasteiger partial charge >= 0.3 is 0 Å². The van der Waals surface area contributed by atoms with Crippen molar-refractivity contribution in [1.82, 2.24) is 24.9 Å². The van der Waals surface area contributed by atoms with E-state index in [1.807, 2.05) is 37.6 Å². The lowest BCUT2D eigenvalue weighted by molar-refractivity contribution is -0.121. The van der Waals surface area contributed by atoms with Crippen LogP contribution >= 0.6 is 0 Å². The summed E-state index contributed by atoms with van der Waals surface area (Å²) in [5.41, 5.74) is 2.91. The van der Waals surface area contributed by atoms with E-state index in [1.54, 1.807) is 4.68 Å². The third-order valence-corrected chi connectivity index (χ3v) is 5.67. The minimum atomic E-state index is 0.0503. The van der Waals surface area contributed by atoms with E-state index in [2.05, 4.69) is 45.7 Å². The molecule has 1 amide bonds. The molecule has 0 bridgehead atoms. The predicted molar refractivity (Wildman–Crippen MR) is 110 cm³/mol. The first-order chi connectivity index (χ1) is 13.5. The molecule has 1 saturated carbocycles. The minimum absolute atomic E-state index is 0.0503. The van der Waals surface area contributed by atoms with E-state index in [-0.39, 0.29) is 11.8 Å². The molecule has 1 aliphatic carbocycles. The molecule has 2 heterocycles. The van der Waals surface area contributed by atoms with E-state index in [4.69, 9.17) is 0 Å². The van der Waals surface area contributed by atoms with Gasteiger partial charge in [-0.05, 0) is 63.5 Å². The van der Waals surface area contributed by atoms with Gasteiger partial charge in [0.05, 0.1) is 11.7 Å². The highest BCUT2D eigenvalue weighted by molar-refractivity contribution is 5.94. The highest BCUT2D eigenvalue weighted by Gasteiger charge is 2.27. The van der Waals surface area contributed by atoms with Crippen molar-refractivity contribution >= 4 is 22.6 Å². The van der Waals surface area contributed by atoms with Crippen LogP contribution in [-0.4, -0.2) is 50.9 Å². The molecule has 0 saturated heterocycles. The molecule has 0 aliphatic heterocycles. The van der Waals surface area contributed by atoms with Crippen molar-refractivity contribution in [2.45, 2.75) is 31.7 Å². The Labute approximate surface area is 164 Å². The van der Waals surface area contributed by atoms with Gasteiger partial charge in [-0.2, -0.15) is 5.10 Å². The fourth-order valence-corrected chi connectivity index (χ4v) is 3.94. The van der Waals surface area contributed by atoms with E-state index >= 15 is 0 Å². The molecule has 7 heteroatoms. The lowest BCUT2D eigenvalue weighted by Gasteiger charge is -2.31. The average Bonchev–Trinajstić information content (AvgIpc) is 3.14. The van der Waals surface area contributed by atoms with Crippen molar-refractivity contribution in [3.63, 3.8) is 0 Å². The molecule has 0 unspecified atom stereocenters. The second kappa shape index (κ2) is 7.67. The van der Waals surface area contributed by atoms with Gasteiger partial charge in [-0.25, -0.2) is 0 Å². The van der Waals surface area contributed by atoms with Gasteiger partial charge in [0.25, 0.3) is 0 Å². The lowest BCUT2D eigenvalue weighted by atomic mass is 9.85. The van der Waals surface area contributed by atoms with Crippen molar-refractivity contribution in [2.24, 2.45) is 13.0 Å². The number of anilines is 1. The van der Waals surface area contributed by atoms with Crippen LogP contribution in [0, 0.1) is 5.92 Å². The molecule has 3 aromatic rings. The first-order valence-electron chi connectivity index (χ1n) is 9.73. The number of rotatable bonds is 4. The molecular formula is C21H26N6O. The van der Waals surface area contributed by atoms with Crippen LogP contribution < -0.4 is 5.32 Å². The van der Waals surface area contributed by atoms with Crippen molar-refractivity contribution in [2.75, 3.05) is 19.4 Å². The minimum Gasteiger partial charge on any atom is -0.309 e. The van der Waals surface area contributed by atoms with Gasteiger partial charge in [0.15, 0.2) is 5.82 Å². The van der Waals surface area contributed by atoms with Crippen LogP contribution in [0.4, 0.5) is 5.82 Å². The summed E-state index contributed by atoms with van der Waals surface area (Å²) in [6, 6.07) is 8.48. The van der Waals surface area contributed by atoms with Crippen LogP contribution in [-0.2, 0) is 11.8 Å². The molecule has 146 valence electrons. The Bertz CT molecular complexity index is 987. The fraction of sp³-hybridized carbons (Fsp3) is 0.429. The van der Waals surface area contributed by atoms with E-state index in [1.165, 1.54) is 0 Å². The van der Waals surface area contributed by atoms with Crippen LogP contribution in [0.3, 0.4) is 0 Å². The Morgan fingerprint density at radius 1 is 1.11 bits per heavy atom. The average molecular weight is 378 g/mol. The maximum atomic E-state index is 12.7. The number of hydrogen-bond donors (Lipinski definition) is 1. The van der Waals surface area contributed by atoms with E-state index < -0.39 is 0 Å². The van der Waals surface area contributed by atoms with Crippen molar-refractivity contribution in [3.8, 4) is 11.1 Å². The Morgan fingerprint density at radius 3 is 2.57 bits per heavy atom. The number of carbonyl (C=O) groups excluding carboxylic acids is 1. The third kappa shape index (κ3) is 3.89. The first kappa shape index (κ1) is 18.6. The van der Waals surface area contributed by atoms with Crippen LogP contribution in [0.2, 0.25) is 0 Å². The number of aromatic nitrogens is 4. The van der Waals surface area contributed by atoms with Crippen LogP contribution in [0.5, 0.6) is 0 Å². The van der Waals surface area contributed by atoms with Crippen LogP contribution in [0.1, 0.15) is 25.7 Å². The Balaban J connectivity index is 1.49. The number of amides is 1. The topological polar surface area (TPSA) is 75.9 Å². The normalized spacial score (nSPS) is 19.9. The van der Waals surface area contributed by atoms with E-state index in [0.29, 0.717) is 11.9 Å². The van der Waals surface area contributed by atoms with Gasteiger partial charge in [0.2, 0.25) is 5.91 Å². The number of nitrogens with zero attached hydrogens (tertiary/aromatic N) is 5. The smallest absolute Gasteiger partial charge is 0.228 e. The zero-order valence-electron chi connectivity index (χ0n) is 16.6. The number of benzene rings is 1. The summed E-state index contributed by atoms with van der Waals surface area (Å²) in [6.45, 7) is 0. The Kier molecular flexibility index (Phi) is 5.09. The summed E-state index contributed by atoms with van der Waals surface area (Å²) in [4.78, 5) is 14.9. The monoisotopic (exact) mass is 378 g/mol. The number of hydrogen-bond acceptors (Lipinski definition) is 5. The van der Waals surface area contributed by atoms with Crippen molar-refractivity contribution in [3.05, 3.63) is 36.7 Å². The standard InChI is InChI=1S/C21H26N6O/c1-26(2)18-7-4-14(5-8-18)21(28)23-20-11-16-10-15(6-9-19(16)24-25-20)17-12-22-27(3)13-17/h6,9-14,18H,4-5,7-8H2,1-3H3,(H,23,25,28)/t14-,18-. The highest BCUT2D eigenvalue weighted by Crippen LogP contribution is 2.28.